The molecule has 0 aliphatic rings. The van der Waals surface area contributed by atoms with Crippen LogP contribution in [-0.4, -0.2) is 33.2 Å². The predicted octanol–water partition coefficient (Wildman–Crippen LogP) is 4.48. The van der Waals surface area contributed by atoms with E-state index in [1.54, 1.807) is 67.6 Å². The third kappa shape index (κ3) is 6.43. The number of anilines is 3. The van der Waals surface area contributed by atoms with E-state index >= 15 is 0 Å². The molecule has 0 fully saturated rings. The number of nitrogens with one attached hydrogen (secondary N) is 3. The molecule has 3 rings (SSSR count). The molecule has 0 unspecified atom stereocenters. The molecule has 0 bridgehead atoms. The van der Waals surface area contributed by atoms with Crippen molar-refractivity contribution in [1.29, 1.82) is 0 Å². The van der Waals surface area contributed by atoms with Gasteiger partial charge in [0.05, 0.1) is 29.9 Å². The number of hydrogen-bond donors (Lipinski definition) is 3. The number of carbonyl (C=O) groups is 1. The van der Waals surface area contributed by atoms with Crippen molar-refractivity contribution in [3.05, 3.63) is 78.4 Å². The lowest BCUT2D eigenvalue weighted by Gasteiger charge is -2.13. The van der Waals surface area contributed by atoms with Gasteiger partial charge in [-0.25, -0.2) is 13.2 Å². The summed E-state index contributed by atoms with van der Waals surface area (Å²) >= 11 is 5.31. The lowest BCUT2D eigenvalue weighted by molar-refractivity contribution is 0.0526. The highest BCUT2D eigenvalue weighted by molar-refractivity contribution is 7.92. The largest absolute Gasteiger partial charge is 0.495 e. The van der Waals surface area contributed by atoms with Crippen LogP contribution in [0, 0.1) is 0 Å². The average molecular weight is 486 g/mol. The Hall–Kier alpha value is -3.63. The van der Waals surface area contributed by atoms with E-state index in [-0.39, 0.29) is 10.9 Å². The molecule has 0 amide bonds. The average Bonchev–Trinajstić information content (AvgIpc) is 2.80. The van der Waals surface area contributed by atoms with Gasteiger partial charge in [0.15, 0.2) is 5.11 Å². The zero-order valence-corrected chi connectivity index (χ0v) is 19.6. The SMILES string of the molecule is CCOC(=O)c1ccc(NC(=S)Nc2ccc(S(=O)(=O)Nc3ccccc3OC)cc2)cc1. The van der Waals surface area contributed by atoms with Crippen LogP contribution in [0.3, 0.4) is 0 Å². The first-order chi connectivity index (χ1) is 15.8. The van der Waals surface area contributed by atoms with Crippen LogP contribution in [0.2, 0.25) is 0 Å². The van der Waals surface area contributed by atoms with E-state index < -0.39 is 10.0 Å². The minimum Gasteiger partial charge on any atom is -0.495 e. The Morgan fingerprint density at radius 3 is 2.06 bits per heavy atom. The van der Waals surface area contributed by atoms with Gasteiger partial charge in [0, 0.05) is 11.4 Å². The van der Waals surface area contributed by atoms with E-state index in [0.717, 1.165) is 0 Å². The van der Waals surface area contributed by atoms with E-state index in [1.165, 1.54) is 19.2 Å². The van der Waals surface area contributed by atoms with Gasteiger partial charge in [-0.15, -0.1) is 0 Å². The minimum absolute atomic E-state index is 0.0902. The third-order valence-corrected chi connectivity index (χ3v) is 6.01. The van der Waals surface area contributed by atoms with Gasteiger partial charge in [0.2, 0.25) is 0 Å². The molecule has 0 aliphatic carbocycles. The van der Waals surface area contributed by atoms with E-state index in [4.69, 9.17) is 21.7 Å². The van der Waals surface area contributed by atoms with Crippen molar-refractivity contribution >= 4 is 50.4 Å². The van der Waals surface area contributed by atoms with Crippen LogP contribution in [0.4, 0.5) is 17.1 Å². The topological polar surface area (TPSA) is 106 Å². The second kappa shape index (κ2) is 10.8. The van der Waals surface area contributed by atoms with Crippen LogP contribution in [0.5, 0.6) is 5.75 Å². The molecule has 0 aliphatic heterocycles. The monoisotopic (exact) mass is 485 g/mol. The molecule has 0 atom stereocenters. The number of para-hydroxylation sites is 2. The number of methoxy groups -OCH3 is 1. The summed E-state index contributed by atoms with van der Waals surface area (Å²) in [7, 11) is -2.33. The van der Waals surface area contributed by atoms with Gasteiger partial charge < -0.3 is 20.1 Å². The number of sulfonamides is 1. The highest BCUT2D eigenvalue weighted by Crippen LogP contribution is 2.26. The van der Waals surface area contributed by atoms with Crippen molar-refractivity contribution in [2.75, 3.05) is 29.1 Å². The second-order valence-corrected chi connectivity index (χ2v) is 8.80. The highest BCUT2D eigenvalue weighted by atomic mass is 32.2. The number of hydrogen-bond acceptors (Lipinski definition) is 6. The lowest BCUT2D eigenvalue weighted by Crippen LogP contribution is -2.19. The standard InChI is InChI=1S/C23H23N3O5S2/c1-3-31-22(27)16-8-10-17(11-9-16)24-23(32)25-18-12-14-19(15-13-18)33(28,29)26-20-6-4-5-7-21(20)30-2/h4-15,26H,3H2,1-2H3,(H2,24,25,32). The Balaban J connectivity index is 1.62. The molecule has 172 valence electrons. The Bertz CT molecular complexity index is 1230. The van der Waals surface area contributed by atoms with Crippen molar-refractivity contribution in [2.45, 2.75) is 11.8 Å². The molecule has 10 heteroatoms. The van der Waals surface area contributed by atoms with E-state index in [2.05, 4.69) is 15.4 Å². The molecule has 0 heterocycles. The molecule has 3 N–H and O–H groups in total. The number of benzene rings is 3. The molecule has 0 spiro atoms. The number of ether oxygens (including phenoxy) is 2. The molecular formula is C23H23N3O5S2. The maximum absolute atomic E-state index is 12.7. The molecule has 3 aromatic rings. The molecule has 33 heavy (non-hydrogen) atoms. The molecule has 0 radical (unpaired) electrons. The summed E-state index contributed by atoms with van der Waals surface area (Å²) in [4.78, 5) is 11.8. The van der Waals surface area contributed by atoms with Gasteiger partial charge in [-0.2, -0.15) is 0 Å². The Labute approximate surface area is 198 Å². The van der Waals surface area contributed by atoms with Gasteiger partial charge in [0.1, 0.15) is 5.75 Å². The van der Waals surface area contributed by atoms with Crippen molar-refractivity contribution in [1.82, 2.24) is 0 Å². The van der Waals surface area contributed by atoms with Gasteiger partial charge >= 0.3 is 5.97 Å². The molecule has 0 saturated heterocycles. The normalized spacial score (nSPS) is 10.7. The zero-order chi connectivity index (χ0) is 23.8. The first-order valence-corrected chi connectivity index (χ1v) is 11.8. The third-order valence-electron chi connectivity index (χ3n) is 4.43. The first kappa shape index (κ1) is 24.0. The van der Waals surface area contributed by atoms with Gasteiger partial charge in [-0.3, -0.25) is 4.72 Å². The quantitative estimate of drug-likeness (QED) is 0.317. The summed E-state index contributed by atoms with van der Waals surface area (Å²) in [6.45, 7) is 2.06. The van der Waals surface area contributed by atoms with Crippen LogP contribution in [-0.2, 0) is 14.8 Å². The van der Waals surface area contributed by atoms with Gasteiger partial charge in [-0.1, -0.05) is 12.1 Å². The van der Waals surface area contributed by atoms with Crippen LogP contribution in [0.1, 0.15) is 17.3 Å². The molecular weight excluding hydrogens is 462 g/mol. The number of rotatable bonds is 8. The summed E-state index contributed by atoms with van der Waals surface area (Å²) in [6, 6.07) is 19.6. The van der Waals surface area contributed by atoms with Crippen LogP contribution in [0.25, 0.3) is 0 Å². The number of carbonyl (C=O) groups excluding carboxylic acids is 1. The lowest BCUT2D eigenvalue weighted by atomic mass is 10.2. The smallest absolute Gasteiger partial charge is 0.338 e. The van der Waals surface area contributed by atoms with Crippen molar-refractivity contribution in [2.24, 2.45) is 0 Å². The van der Waals surface area contributed by atoms with Crippen molar-refractivity contribution in [3.63, 3.8) is 0 Å². The fourth-order valence-corrected chi connectivity index (χ4v) is 4.15. The van der Waals surface area contributed by atoms with Crippen molar-refractivity contribution < 1.29 is 22.7 Å². The molecule has 8 nitrogen and oxygen atoms in total. The Morgan fingerprint density at radius 2 is 1.48 bits per heavy atom. The van der Waals surface area contributed by atoms with Crippen LogP contribution < -0.4 is 20.1 Å². The second-order valence-electron chi connectivity index (χ2n) is 6.71. The summed E-state index contributed by atoms with van der Waals surface area (Å²) in [5.74, 6) is 0.0334. The molecule has 0 saturated carbocycles. The molecule has 0 aromatic heterocycles. The van der Waals surface area contributed by atoms with Gasteiger partial charge in [0.25, 0.3) is 10.0 Å². The molecule has 3 aromatic carbocycles. The predicted molar refractivity (Wildman–Crippen MR) is 132 cm³/mol. The maximum Gasteiger partial charge on any atom is 0.338 e. The van der Waals surface area contributed by atoms with Crippen LogP contribution in [0.15, 0.2) is 77.7 Å². The summed E-state index contributed by atoms with van der Waals surface area (Å²) < 4.78 is 38.1. The Morgan fingerprint density at radius 1 is 0.909 bits per heavy atom. The minimum atomic E-state index is -3.80. The fourth-order valence-electron chi connectivity index (χ4n) is 2.85. The summed E-state index contributed by atoms with van der Waals surface area (Å²) in [6.07, 6.45) is 0. The maximum atomic E-state index is 12.7. The Kier molecular flexibility index (Phi) is 7.86. The highest BCUT2D eigenvalue weighted by Gasteiger charge is 2.16. The first-order valence-electron chi connectivity index (χ1n) is 9.93. The fraction of sp³-hybridized carbons (Fsp3) is 0.130. The van der Waals surface area contributed by atoms with Crippen LogP contribution >= 0.6 is 12.2 Å². The van der Waals surface area contributed by atoms with E-state index in [9.17, 15) is 13.2 Å². The van der Waals surface area contributed by atoms with E-state index in [1.807, 2.05) is 0 Å². The summed E-state index contributed by atoms with van der Waals surface area (Å²) in [5, 5.41) is 6.30. The van der Waals surface area contributed by atoms with Gasteiger partial charge in [-0.05, 0) is 79.8 Å². The number of thiocarbonyl (C=S) groups is 1. The summed E-state index contributed by atoms with van der Waals surface area (Å²) in [5.41, 5.74) is 2.08. The zero-order valence-electron chi connectivity index (χ0n) is 18.0. The van der Waals surface area contributed by atoms with E-state index in [0.29, 0.717) is 40.1 Å². The number of esters is 1. The van der Waals surface area contributed by atoms with Crippen molar-refractivity contribution in [3.8, 4) is 5.75 Å².